The van der Waals surface area contributed by atoms with Gasteiger partial charge in [-0.15, -0.1) is 11.3 Å². The summed E-state index contributed by atoms with van der Waals surface area (Å²) in [7, 11) is 0. The van der Waals surface area contributed by atoms with E-state index in [1.54, 1.807) is 11.3 Å². The number of nitrogens with zero attached hydrogens (tertiary/aromatic N) is 2. The smallest absolute Gasteiger partial charge is 0.105 e. The average molecular weight is 221 g/mol. The van der Waals surface area contributed by atoms with Crippen LogP contribution in [0.3, 0.4) is 0 Å². The van der Waals surface area contributed by atoms with Crippen molar-refractivity contribution in [3.8, 4) is 0 Å². The molecule has 0 saturated carbocycles. The third-order valence-corrected chi connectivity index (χ3v) is 3.44. The molecule has 3 nitrogen and oxygen atoms in total. The highest BCUT2D eigenvalue weighted by molar-refractivity contribution is 7.09. The van der Waals surface area contributed by atoms with E-state index in [1.807, 2.05) is 13.1 Å². The van der Waals surface area contributed by atoms with E-state index in [9.17, 15) is 0 Å². The number of hydrogen-bond donors (Lipinski definition) is 1. The van der Waals surface area contributed by atoms with Crippen molar-refractivity contribution >= 4 is 11.3 Å². The minimum absolute atomic E-state index is 0.561. The van der Waals surface area contributed by atoms with E-state index >= 15 is 0 Å². The van der Waals surface area contributed by atoms with Crippen molar-refractivity contribution in [3.05, 3.63) is 40.1 Å². The Labute approximate surface area is 93.6 Å². The lowest BCUT2D eigenvalue weighted by molar-refractivity contribution is 0.645. The molecule has 2 heterocycles. The van der Waals surface area contributed by atoms with Gasteiger partial charge in [-0.3, -0.25) is 0 Å². The van der Waals surface area contributed by atoms with Crippen LogP contribution in [0.25, 0.3) is 0 Å². The molecular formula is C11H15N3S. The summed E-state index contributed by atoms with van der Waals surface area (Å²) in [5.74, 6) is 1.05. The predicted octanol–water partition coefficient (Wildman–Crippen LogP) is 1.95. The third-order valence-electron chi connectivity index (χ3n) is 2.51. The maximum absolute atomic E-state index is 5.65. The van der Waals surface area contributed by atoms with E-state index < -0.39 is 0 Å². The van der Waals surface area contributed by atoms with Gasteiger partial charge >= 0.3 is 0 Å². The van der Waals surface area contributed by atoms with Crippen LogP contribution in [-0.4, -0.2) is 9.55 Å². The van der Waals surface area contributed by atoms with Crippen LogP contribution in [0, 0.1) is 6.92 Å². The summed E-state index contributed by atoms with van der Waals surface area (Å²) >= 11 is 1.80. The lowest BCUT2D eigenvalue weighted by Crippen LogP contribution is -2.10. The zero-order valence-corrected chi connectivity index (χ0v) is 9.63. The first kappa shape index (κ1) is 10.4. The Kier molecular flexibility index (Phi) is 3.18. The number of aryl methyl sites for hydroxylation is 2. The Hall–Kier alpha value is -1.13. The molecule has 0 fully saturated rings. The molecule has 0 aliphatic heterocycles. The fourth-order valence-electron chi connectivity index (χ4n) is 1.66. The summed E-state index contributed by atoms with van der Waals surface area (Å²) in [5.41, 5.74) is 6.77. The summed E-state index contributed by atoms with van der Waals surface area (Å²) in [6.07, 6.45) is 2.92. The molecule has 4 heteroatoms. The summed E-state index contributed by atoms with van der Waals surface area (Å²) in [6, 6.07) is 4.25. The second kappa shape index (κ2) is 4.59. The summed E-state index contributed by atoms with van der Waals surface area (Å²) in [5, 5.41) is 2.11. The monoisotopic (exact) mass is 221 g/mol. The maximum Gasteiger partial charge on any atom is 0.105 e. The zero-order chi connectivity index (χ0) is 10.7. The Balaban J connectivity index is 2.07. The highest BCUT2D eigenvalue weighted by Gasteiger charge is 2.04. The van der Waals surface area contributed by atoms with Crippen LogP contribution >= 0.6 is 11.3 Å². The average Bonchev–Trinajstić information content (AvgIpc) is 2.84. The quantitative estimate of drug-likeness (QED) is 0.857. The summed E-state index contributed by atoms with van der Waals surface area (Å²) in [6.45, 7) is 3.55. The molecule has 0 amide bonds. The van der Waals surface area contributed by atoms with Gasteiger partial charge in [0, 0.05) is 24.2 Å². The normalized spacial score (nSPS) is 10.8. The first-order chi connectivity index (χ1) is 7.31. The highest BCUT2D eigenvalue weighted by Crippen LogP contribution is 2.12. The van der Waals surface area contributed by atoms with Crippen molar-refractivity contribution < 1.29 is 0 Å². The van der Waals surface area contributed by atoms with E-state index in [-0.39, 0.29) is 0 Å². The van der Waals surface area contributed by atoms with E-state index in [0.29, 0.717) is 6.54 Å². The fourth-order valence-corrected chi connectivity index (χ4v) is 2.36. The van der Waals surface area contributed by atoms with Crippen molar-refractivity contribution in [2.24, 2.45) is 5.73 Å². The van der Waals surface area contributed by atoms with Crippen molar-refractivity contribution in [2.45, 2.75) is 26.4 Å². The van der Waals surface area contributed by atoms with Crippen molar-refractivity contribution in [1.82, 2.24) is 9.55 Å². The number of aromatic nitrogens is 2. The van der Waals surface area contributed by atoms with Crippen LogP contribution in [0.4, 0.5) is 0 Å². The number of imidazole rings is 1. The predicted molar refractivity (Wildman–Crippen MR) is 62.9 cm³/mol. The van der Waals surface area contributed by atoms with Gasteiger partial charge in [0.1, 0.15) is 5.82 Å². The summed E-state index contributed by atoms with van der Waals surface area (Å²) in [4.78, 5) is 5.68. The summed E-state index contributed by atoms with van der Waals surface area (Å²) < 4.78 is 2.19. The molecule has 0 aliphatic carbocycles. The minimum Gasteiger partial charge on any atom is -0.331 e. The molecule has 0 saturated heterocycles. The maximum atomic E-state index is 5.65. The van der Waals surface area contributed by atoms with Gasteiger partial charge in [-0.05, 0) is 24.8 Å². The van der Waals surface area contributed by atoms with Gasteiger partial charge < -0.3 is 10.3 Å². The third kappa shape index (κ3) is 2.27. The van der Waals surface area contributed by atoms with Crippen LogP contribution in [0.1, 0.15) is 16.4 Å². The van der Waals surface area contributed by atoms with Crippen LogP contribution in [0.2, 0.25) is 0 Å². The molecule has 0 spiro atoms. The van der Waals surface area contributed by atoms with Gasteiger partial charge in [0.2, 0.25) is 0 Å². The SMILES string of the molecule is Cc1ncc(CN)n1CCc1cccs1. The molecule has 2 aromatic heterocycles. The van der Waals surface area contributed by atoms with E-state index in [0.717, 1.165) is 24.5 Å². The number of thiophene rings is 1. The second-order valence-electron chi connectivity index (χ2n) is 3.48. The Morgan fingerprint density at radius 2 is 2.40 bits per heavy atom. The molecule has 0 atom stereocenters. The standard InChI is InChI=1S/C11H15N3S/c1-9-13-8-10(7-12)14(9)5-4-11-3-2-6-15-11/h2-3,6,8H,4-5,7,12H2,1H3. The number of nitrogens with two attached hydrogens (primary N) is 1. The van der Waals surface area contributed by atoms with Gasteiger partial charge in [-0.2, -0.15) is 0 Å². The zero-order valence-electron chi connectivity index (χ0n) is 8.81. The molecule has 0 aliphatic rings. The van der Waals surface area contributed by atoms with Gasteiger partial charge in [0.25, 0.3) is 0 Å². The Morgan fingerprint density at radius 1 is 1.53 bits per heavy atom. The Bertz CT molecular complexity index is 417. The molecule has 80 valence electrons. The molecule has 0 bridgehead atoms. The number of rotatable bonds is 4. The van der Waals surface area contributed by atoms with Crippen molar-refractivity contribution in [2.75, 3.05) is 0 Å². The van der Waals surface area contributed by atoms with E-state index in [1.165, 1.54) is 4.88 Å². The van der Waals surface area contributed by atoms with E-state index in [4.69, 9.17) is 5.73 Å². The van der Waals surface area contributed by atoms with Gasteiger partial charge in [0.05, 0.1) is 5.69 Å². The molecule has 0 unspecified atom stereocenters. The molecule has 2 N–H and O–H groups in total. The van der Waals surface area contributed by atoms with Crippen molar-refractivity contribution in [1.29, 1.82) is 0 Å². The first-order valence-electron chi connectivity index (χ1n) is 5.04. The Morgan fingerprint density at radius 3 is 3.07 bits per heavy atom. The van der Waals surface area contributed by atoms with Crippen molar-refractivity contribution in [3.63, 3.8) is 0 Å². The van der Waals surface area contributed by atoms with Gasteiger partial charge in [-0.25, -0.2) is 4.98 Å². The van der Waals surface area contributed by atoms with Crippen LogP contribution < -0.4 is 5.73 Å². The van der Waals surface area contributed by atoms with Crippen LogP contribution in [0.5, 0.6) is 0 Å². The first-order valence-corrected chi connectivity index (χ1v) is 5.92. The van der Waals surface area contributed by atoms with Crippen LogP contribution in [0.15, 0.2) is 23.7 Å². The topological polar surface area (TPSA) is 43.8 Å². The number of hydrogen-bond acceptors (Lipinski definition) is 3. The molecule has 0 radical (unpaired) electrons. The highest BCUT2D eigenvalue weighted by atomic mass is 32.1. The molecule has 2 aromatic rings. The lowest BCUT2D eigenvalue weighted by atomic mass is 10.3. The van der Waals surface area contributed by atoms with Gasteiger partial charge in [-0.1, -0.05) is 6.07 Å². The molecule has 0 aromatic carbocycles. The van der Waals surface area contributed by atoms with E-state index in [2.05, 4.69) is 27.1 Å². The lowest BCUT2D eigenvalue weighted by Gasteiger charge is -2.07. The second-order valence-corrected chi connectivity index (χ2v) is 4.51. The largest absolute Gasteiger partial charge is 0.331 e. The van der Waals surface area contributed by atoms with Crippen LogP contribution in [-0.2, 0) is 19.5 Å². The molecule has 2 rings (SSSR count). The molecular weight excluding hydrogens is 206 g/mol. The fraction of sp³-hybridized carbons (Fsp3) is 0.364. The van der Waals surface area contributed by atoms with Gasteiger partial charge in [0.15, 0.2) is 0 Å². The molecule has 15 heavy (non-hydrogen) atoms. The minimum atomic E-state index is 0.561.